The molecule has 26 heavy (non-hydrogen) atoms. The molecule has 0 radical (unpaired) electrons. The fraction of sp³-hybridized carbons (Fsp3) is 0.900. The number of carbonyl (C=O) groups excluding carboxylic acids is 1. The average molecular weight is 368 g/mol. The Morgan fingerprint density at radius 3 is 2.69 bits per heavy atom. The van der Waals surface area contributed by atoms with E-state index in [1.54, 1.807) is 7.11 Å². The second-order valence-corrected chi connectivity index (χ2v) is 7.66. The highest BCUT2D eigenvalue weighted by Gasteiger charge is 2.34. The Balaban J connectivity index is 2.03. The molecule has 6 nitrogen and oxygen atoms in total. The third-order valence-corrected chi connectivity index (χ3v) is 5.74. The highest BCUT2D eigenvalue weighted by atomic mass is 16.5. The van der Waals surface area contributed by atoms with Gasteiger partial charge in [-0.3, -0.25) is 9.79 Å². The summed E-state index contributed by atoms with van der Waals surface area (Å²) in [7, 11) is 1.78. The lowest BCUT2D eigenvalue weighted by Gasteiger charge is -2.35. The largest absolute Gasteiger partial charge is 0.466 e. The molecule has 2 aliphatic rings. The zero-order valence-electron chi connectivity index (χ0n) is 16.9. The molecular weight excluding hydrogens is 330 g/mol. The van der Waals surface area contributed by atoms with Crippen molar-refractivity contribution < 1.29 is 14.3 Å². The van der Waals surface area contributed by atoms with Crippen LogP contribution in [-0.2, 0) is 14.3 Å². The van der Waals surface area contributed by atoms with Crippen LogP contribution in [0.15, 0.2) is 4.99 Å². The molecule has 6 heteroatoms. The number of hydrogen-bond acceptors (Lipinski definition) is 4. The van der Waals surface area contributed by atoms with E-state index < -0.39 is 0 Å². The first-order chi connectivity index (χ1) is 12.6. The minimum absolute atomic E-state index is 0.0403. The summed E-state index contributed by atoms with van der Waals surface area (Å²) >= 11 is 0. The molecule has 2 fully saturated rings. The lowest BCUT2D eigenvalue weighted by atomic mass is 9.83. The molecule has 1 aliphatic carbocycles. The van der Waals surface area contributed by atoms with Gasteiger partial charge in [-0.05, 0) is 51.4 Å². The van der Waals surface area contributed by atoms with Crippen molar-refractivity contribution in [2.45, 2.75) is 58.8 Å². The summed E-state index contributed by atoms with van der Waals surface area (Å²) in [6.45, 7) is 8.56. The van der Waals surface area contributed by atoms with Gasteiger partial charge in [-0.2, -0.15) is 0 Å². The van der Waals surface area contributed by atoms with Crippen LogP contribution in [0.5, 0.6) is 0 Å². The number of rotatable bonds is 8. The number of esters is 1. The van der Waals surface area contributed by atoms with Crippen LogP contribution >= 0.6 is 0 Å². The Morgan fingerprint density at radius 2 is 2.04 bits per heavy atom. The van der Waals surface area contributed by atoms with Gasteiger partial charge in [0.05, 0.1) is 12.5 Å². The van der Waals surface area contributed by atoms with Gasteiger partial charge < -0.3 is 19.7 Å². The van der Waals surface area contributed by atoms with Gasteiger partial charge in [-0.25, -0.2) is 0 Å². The molecule has 1 saturated heterocycles. The molecule has 2 rings (SSSR count). The maximum atomic E-state index is 12.1. The first-order valence-corrected chi connectivity index (χ1v) is 10.3. The average Bonchev–Trinajstić information content (AvgIpc) is 3.13. The van der Waals surface area contributed by atoms with Gasteiger partial charge in [-0.1, -0.05) is 12.8 Å². The van der Waals surface area contributed by atoms with Crippen LogP contribution in [0.4, 0.5) is 0 Å². The molecule has 0 bridgehead atoms. The Kier molecular flexibility index (Phi) is 8.69. The lowest BCUT2D eigenvalue weighted by Crippen LogP contribution is -2.48. The normalized spacial score (nSPS) is 23.1. The molecule has 0 aromatic heterocycles. The van der Waals surface area contributed by atoms with E-state index in [0.29, 0.717) is 13.2 Å². The third-order valence-electron chi connectivity index (χ3n) is 5.74. The first kappa shape index (κ1) is 21.0. The zero-order chi connectivity index (χ0) is 18.8. The minimum atomic E-state index is -0.0691. The standard InChI is InChI=1S/C20H37N3O3/c1-4-21-19(22-16-20(12-14-25-3)10-6-7-11-20)23-13-8-9-17(15-23)18(24)26-5-2/h17H,4-16H2,1-3H3,(H,21,22)/t17-/m1/s1. The van der Waals surface area contributed by atoms with Crippen molar-refractivity contribution in [2.24, 2.45) is 16.3 Å². The van der Waals surface area contributed by atoms with E-state index in [1.807, 2.05) is 6.92 Å². The van der Waals surface area contributed by atoms with E-state index in [1.165, 1.54) is 25.7 Å². The summed E-state index contributed by atoms with van der Waals surface area (Å²) in [6.07, 6.45) is 8.07. The molecule has 0 amide bonds. The molecular formula is C20H37N3O3. The fourth-order valence-corrected chi connectivity index (χ4v) is 4.22. The summed E-state index contributed by atoms with van der Waals surface area (Å²) in [5, 5.41) is 3.43. The van der Waals surface area contributed by atoms with E-state index in [-0.39, 0.29) is 17.3 Å². The summed E-state index contributed by atoms with van der Waals surface area (Å²) in [5.74, 6) is 0.840. The van der Waals surface area contributed by atoms with Gasteiger partial charge in [0.2, 0.25) is 0 Å². The second-order valence-electron chi connectivity index (χ2n) is 7.66. The Labute approximate surface area is 158 Å². The number of nitrogens with one attached hydrogen (secondary N) is 1. The monoisotopic (exact) mass is 367 g/mol. The van der Waals surface area contributed by atoms with E-state index >= 15 is 0 Å². The zero-order valence-corrected chi connectivity index (χ0v) is 16.9. The molecule has 0 aromatic rings. The van der Waals surface area contributed by atoms with E-state index in [2.05, 4.69) is 17.1 Å². The number of carbonyl (C=O) groups is 1. The molecule has 1 saturated carbocycles. The molecule has 1 N–H and O–H groups in total. The Bertz CT molecular complexity index is 461. The number of nitrogens with zero attached hydrogens (tertiary/aromatic N) is 2. The number of piperidine rings is 1. The maximum absolute atomic E-state index is 12.1. The van der Waals surface area contributed by atoms with Gasteiger partial charge in [0.1, 0.15) is 0 Å². The summed E-state index contributed by atoms with van der Waals surface area (Å²) in [5.41, 5.74) is 0.285. The van der Waals surface area contributed by atoms with Gasteiger partial charge in [-0.15, -0.1) is 0 Å². The van der Waals surface area contributed by atoms with Crippen LogP contribution in [0.25, 0.3) is 0 Å². The molecule has 0 unspecified atom stereocenters. The van der Waals surface area contributed by atoms with E-state index in [0.717, 1.165) is 51.5 Å². The number of likely N-dealkylation sites (tertiary alicyclic amines) is 1. The number of aliphatic imine (C=N–C) groups is 1. The van der Waals surface area contributed by atoms with Gasteiger partial charge >= 0.3 is 5.97 Å². The predicted molar refractivity (Wildman–Crippen MR) is 104 cm³/mol. The first-order valence-electron chi connectivity index (χ1n) is 10.3. The van der Waals surface area contributed by atoms with Crippen LogP contribution < -0.4 is 5.32 Å². The number of guanidine groups is 1. The van der Waals surface area contributed by atoms with Crippen molar-refractivity contribution in [2.75, 3.05) is 46.5 Å². The van der Waals surface area contributed by atoms with Crippen molar-refractivity contribution in [1.29, 1.82) is 0 Å². The lowest BCUT2D eigenvalue weighted by molar-refractivity contribution is -0.149. The minimum Gasteiger partial charge on any atom is -0.466 e. The van der Waals surface area contributed by atoms with Gasteiger partial charge in [0.15, 0.2) is 5.96 Å². The van der Waals surface area contributed by atoms with Crippen LogP contribution in [0.2, 0.25) is 0 Å². The quantitative estimate of drug-likeness (QED) is 0.406. The second kappa shape index (κ2) is 10.8. The molecule has 1 aliphatic heterocycles. The highest BCUT2D eigenvalue weighted by molar-refractivity contribution is 5.81. The molecule has 150 valence electrons. The third kappa shape index (κ3) is 5.86. The van der Waals surface area contributed by atoms with Crippen molar-refractivity contribution in [3.63, 3.8) is 0 Å². The Morgan fingerprint density at radius 1 is 1.27 bits per heavy atom. The number of hydrogen-bond donors (Lipinski definition) is 1. The van der Waals surface area contributed by atoms with E-state index in [4.69, 9.17) is 14.5 Å². The summed E-state index contributed by atoms with van der Waals surface area (Å²) < 4.78 is 10.6. The molecule has 1 atom stereocenters. The van der Waals surface area contributed by atoms with Crippen molar-refractivity contribution in [3.8, 4) is 0 Å². The molecule has 0 aromatic carbocycles. The van der Waals surface area contributed by atoms with Crippen LogP contribution in [0.3, 0.4) is 0 Å². The summed E-state index contributed by atoms with van der Waals surface area (Å²) in [4.78, 5) is 19.4. The molecule has 1 heterocycles. The topological polar surface area (TPSA) is 63.2 Å². The van der Waals surface area contributed by atoms with Crippen LogP contribution in [0, 0.1) is 11.3 Å². The Hall–Kier alpha value is -1.30. The predicted octanol–water partition coefficient (Wildman–Crippen LogP) is 2.82. The van der Waals surface area contributed by atoms with Gasteiger partial charge in [0, 0.05) is 39.9 Å². The molecule has 0 spiro atoms. The van der Waals surface area contributed by atoms with Crippen LogP contribution in [0.1, 0.15) is 58.8 Å². The summed E-state index contributed by atoms with van der Waals surface area (Å²) in [6, 6.07) is 0. The smallest absolute Gasteiger partial charge is 0.310 e. The highest BCUT2D eigenvalue weighted by Crippen LogP contribution is 2.41. The van der Waals surface area contributed by atoms with Crippen molar-refractivity contribution in [3.05, 3.63) is 0 Å². The van der Waals surface area contributed by atoms with E-state index in [9.17, 15) is 4.79 Å². The van der Waals surface area contributed by atoms with Crippen molar-refractivity contribution >= 4 is 11.9 Å². The number of methoxy groups -OCH3 is 1. The van der Waals surface area contributed by atoms with Crippen molar-refractivity contribution in [1.82, 2.24) is 10.2 Å². The van der Waals surface area contributed by atoms with Gasteiger partial charge in [0.25, 0.3) is 0 Å². The maximum Gasteiger partial charge on any atom is 0.310 e. The number of ether oxygens (including phenoxy) is 2. The van der Waals surface area contributed by atoms with Crippen LogP contribution in [-0.4, -0.2) is 63.3 Å². The SMILES string of the molecule is CCNC(=NCC1(CCOC)CCCC1)N1CCC[C@@H](C(=O)OCC)C1. The fourth-order valence-electron chi connectivity index (χ4n) is 4.22.